The van der Waals surface area contributed by atoms with Crippen LogP contribution in [0.5, 0.6) is 0 Å². The van der Waals surface area contributed by atoms with Crippen LogP contribution in [0.25, 0.3) is 5.57 Å². The van der Waals surface area contributed by atoms with Gasteiger partial charge >= 0.3 is 0 Å². The highest BCUT2D eigenvalue weighted by atomic mass is 16.3. The Labute approximate surface area is 90.8 Å². The van der Waals surface area contributed by atoms with E-state index in [0.29, 0.717) is 0 Å². The summed E-state index contributed by atoms with van der Waals surface area (Å²) in [6.07, 6.45) is 6.18. The van der Waals surface area contributed by atoms with Crippen molar-refractivity contribution in [2.75, 3.05) is 6.61 Å². The van der Waals surface area contributed by atoms with Crippen LogP contribution >= 0.6 is 0 Å². The van der Waals surface area contributed by atoms with E-state index >= 15 is 0 Å². The summed E-state index contributed by atoms with van der Waals surface area (Å²) in [5.74, 6) is 0. The van der Waals surface area contributed by atoms with Gasteiger partial charge in [0, 0.05) is 0 Å². The van der Waals surface area contributed by atoms with Crippen LogP contribution in [0.3, 0.4) is 0 Å². The Morgan fingerprint density at radius 3 is 2.33 bits per heavy atom. The third kappa shape index (κ3) is 2.37. The number of benzene rings is 1. The quantitative estimate of drug-likeness (QED) is 0.777. The van der Waals surface area contributed by atoms with Crippen LogP contribution in [0.2, 0.25) is 0 Å². The number of aliphatic hydroxyl groups excluding tert-OH is 1. The molecule has 1 nitrogen and oxygen atoms in total. The van der Waals surface area contributed by atoms with Crippen molar-refractivity contribution < 1.29 is 5.11 Å². The minimum atomic E-state index is 0.192. The summed E-state index contributed by atoms with van der Waals surface area (Å²) < 4.78 is 0. The largest absolute Gasteiger partial charge is 0.392 e. The fourth-order valence-electron chi connectivity index (χ4n) is 1.82. The molecule has 1 N–H and O–H groups in total. The number of hydrogen-bond donors (Lipinski definition) is 1. The number of allylic oxidation sites excluding steroid dienone is 3. The topological polar surface area (TPSA) is 20.2 Å². The van der Waals surface area contributed by atoms with E-state index in [-0.39, 0.29) is 6.61 Å². The van der Waals surface area contributed by atoms with Gasteiger partial charge in [0.25, 0.3) is 0 Å². The number of aliphatic hydroxyl groups is 1. The first-order chi connectivity index (χ1) is 7.29. The highest BCUT2D eigenvalue weighted by Crippen LogP contribution is 2.26. The van der Waals surface area contributed by atoms with Crippen LogP contribution in [0.1, 0.15) is 24.0 Å². The normalized spacial score (nSPS) is 15.9. The van der Waals surface area contributed by atoms with E-state index in [2.05, 4.69) is 37.3 Å². The van der Waals surface area contributed by atoms with E-state index in [1.807, 2.05) is 6.08 Å². The van der Waals surface area contributed by atoms with Gasteiger partial charge < -0.3 is 5.11 Å². The zero-order chi connectivity index (χ0) is 10.7. The Morgan fingerprint density at radius 1 is 1.07 bits per heavy atom. The molecule has 0 amide bonds. The molecule has 78 valence electrons. The smallest absolute Gasteiger partial charge is 0.0644 e. The van der Waals surface area contributed by atoms with E-state index in [1.54, 1.807) is 0 Å². The lowest BCUT2D eigenvalue weighted by molar-refractivity contribution is 0.326. The summed E-state index contributed by atoms with van der Waals surface area (Å²) in [6, 6.07) is 8.61. The summed E-state index contributed by atoms with van der Waals surface area (Å²) in [4.78, 5) is 0. The molecule has 0 aromatic heterocycles. The van der Waals surface area contributed by atoms with Crippen LogP contribution < -0.4 is 0 Å². The van der Waals surface area contributed by atoms with Gasteiger partial charge in [0.15, 0.2) is 0 Å². The molecule has 0 atom stereocenters. The van der Waals surface area contributed by atoms with Crippen LogP contribution in [-0.4, -0.2) is 11.7 Å². The maximum absolute atomic E-state index is 8.99. The second-order valence-electron chi connectivity index (χ2n) is 4.04. The second kappa shape index (κ2) is 4.45. The SMILES string of the molecule is Cc1ccc(C2=CC=C(CO)CC2)cc1. The summed E-state index contributed by atoms with van der Waals surface area (Å²) in [6.45, 7) is 2.29. The van der Waals surface area contributed by atoms with Gasteiger partial charge in [0.1, 0.15) is 0 Å². The molecule has 0 heterocycles. The maximum Gasteiger partial charge on any atom is 0.0644 e. The summed E-state index contributed by atoms with van der Waals surface area (Å²) in [5.41, 5.74) is 5.09. The highest BCUT2D eigenvalue weighted by molar-refractivity contribution is 5.68. The molecule has 15 heavy (non-hydrogen) atoms. The Bertz CT molecular complexity index is 396. The number of hydrogen-bond acceptors (Lipinski definition) is 1. The van der Waals surface area contributed by atoms with E-state index < -0.39 is 0 Å². The zero-order valence-electron chi connectivity index (χ0n) is 9.03. The van der Waals surface area contributed by atoms with Gasteiger partial charge in [-0.15, -0.1) is 0 Å². The average Bonchev–Trinajstić information content (AvgIpc) is 2.30. The van der Waals surface area contributed by atoms with Gasteiger partial charge in [0.2, 0.25) is 0 Å². The molecule has 1 aliphatic rings. The van der Waals surface area contributed by atoms with Gasteiger partial charge in [0.05, 0.1) is 6.61 Å². The summed E-state index contributed by atoms with van der Waals surface area (Å²) in [7, 11) is 0. The lowest BCUT2D eigenvalue weighted by Crippen LogP contribution is -1.97. The molecular weight excluding hydrogens is 184 g/mol. The van der Waals surface area contributed by atoms with E-state index in [4.69, 9.17) is 5.11 Å². The standard InChI is InChI=1S/C14H16O/c1-11-2-6-13(7-3-11)14-8-4-12(10-15)5-9-14/h2-4,6-8,15H,5,9-10H2,1H3. The Kier molecular flexibility index (Phi) is 3.02. The lowest BCUT2D eigenvalue weighted by Gasteiger charge is -2.13. The molecule has 0 unspecified atom stereocenters. The molecule has 0 spiro atoms. The van der Waals surface area contributed by atoms with Gasteiger partial charge in [-0.25, -0.2) is 0 Å². The Morgan fingerprint density at radius 2 is 1.80 bits per heavy atom. The zero-order valence-corrected chi connectivity index (χ0v) is 9.03. The third-order valence-electron chi connectivity index (χ3n) is 2.86. The number of aryl methyl sites for hydroxylation is 1. The molecule has 1 aromatic carbocycles. The van der Waals surface area contributed by atoms with Crippen molar-refractivity contribution in [2.45, 2.75) is 19.8 Å². The molecular formula is C14H16O. The predicted molar refractivity (Wildman–Crippen MR) is 63.6 cm³/mol. The molecule has 0 radical (unpaired) electrons. The van der Waals surface area contributed by atoms with E-state index in [0.717, 1.165) is 18.4 Å². The predicted octanol–water partition coefficient (Wildman–Crippen LogP) is 3.09. The van der Waals surface area contributed by atoms with Crippen LogP contribution in [0, 0.1) is 6.92 Å². The average molecular weight is 200 g/mol. The van der Waals surface area contributed by atoms with E-state index in [9.17, 15) is 0 Å². The fraction of sp³-hybridized carbons (Fsp3) is 0.286. The minimum Gasteiger partial charge on any atom is -0.392 e. The van der Waals surface area contributed by atoms with Gasteiger partial charge in [-0.05, 0) is 36.5 Å². The minimum absolute atomic E-state index is 0.192. The molecule has 1 aliphatic carbocycles. The maximum atomic E-state index is 8.99. The molecule has 0 aliphatic heterocycles. The highest BCUT2D eigenvalue weighted by Gasteiger charge is 2.07. The molecule has 0 fully saturated rings. The first-order valence-electron chi connectivity index (χ1n) is 5.36. The molecule has 0 saturated heterocycles. The van der Waals surface area contributed by atoms with Crippen molar-refractivity contribution in [3.05, 3.63) is 53.1 Å². The third-order valence-corrected chi connectivity index (χ3v) is 2.86. The number of rotatable bonds is 2. The van der Waals surface area contributed by atoms with Gasteiger partial charge in [-0.1, -0.05) is 42.0 Å². The van der Waals surface area contributed by atoms with Crippen LogP contribution in [-0.2, 0) is 0 Å². The first-order valence-corrected chi connectivity index (χ1v) is 5.36. The lowest BCUT2D eigenvalue weighted by atomic mass is 9.93. The monoisotopic (exact) mass is 200 g/mol. The van der Waals surface area contributed by atoms with Crippen molar-refractivity contribution in [3.8, 4) is 0 Å². The summed E-state index contributed by atoms with van der Waals surface area (Å²) in [5, 5.41) is 8.99. The van der Waals surface area contributed by atoms with Crippen molar-refractivity contribution in [2.24, 2.45) is 0 Å². The summed E-state index contributed by atoms with van der Waals surface area (Å²) >= 11 is 0. The molecule has 1 aromatic rings. The molecule has 1 heteroatoms. The van der Waals surface area contributed by atoms with Crippen molar-refractivity contribution in [1.29, 1.82) is 0 Å². The first kappa shape index (κ1) is 10.2. The molecule has 0 bridgehead atoms. The molecule has 2 rings (SSSR count). The van der Waals surface area contributed by atoms with Gasteiger partial charge in [-0.2, -0.15) is 0 Å². The Hall–Kier alpha value is -1.34. The molecule has 0 saturated carbocycles. The van der Waals surface area contributed by atoms with Crippen molar-refractivity contribution >= 4 is 5.57 Å². The van der Waals surface area contributed by atoms with Crippen molar-refractivity contribution in [3.63, 3.8) is 0 Å². The van der Waals surface area contributed by atoms with Crippen molar-refractivity contribution in [1.82, 2.24) is 0 Å². The Balaban J connectivity index is 2.22. The van der Waals surface area contributed by atoms with Crippen LogP contribution in [0.15, 0.2) is 42.0 Å². The van der Waals surface area contributed by atoms with Gasteiger partial charge in [-0.3, -0.25) is 0 Å². The second-order valence-corrected chi connectivity index (χ2v) is 4.04. The fourth-order valence-corrected chi connectivity index (χ4v) is 1.82. The van der Waals surface area contributed by atoms with Crippen LogP contribution in [0.4, 0.5) is 0 Å². The van der Waals surface area contributed by atoms with E-state index in [1.165, 1.54) is 16.7 Å².